The summed E-state index contributed by atoms with van der Waals surface area (Å²) in [7, 11) is 1.93. The van der Waals surface area contributed by atoms with Crippen LogP contribution in [0.4, 0.5) is 0 Å². The van der Waals surface area contributed by atoms with Crippen molar-refractivity contribution in [1.29, 1.82) is 0 Å². The number of hydrogen-bond donors (Lipinski definition) is 1. The van der Waals surface area contributed by atoms with E-state index < -0.39 is 0 Å². The van der Waals surface area contributed by atoms with Crippen LogP contribution in [0.5, 0.6) is 0 Å². The molecule has 0 saturated heterocycles. The van der Waals surface area contributed by atoms with Crippen molar-refractivity contribution in [3.63, 3.8) is 0 Å². The molecule has 5 nitrogen and oxygen atoms in total. The van der Waals surface area contributed by atoms with Crippen molar-refractivity contribution in [3.05, 3.63) is 43.5 Å². The Morgan fingerprint density at radius 1 is 1.45 bits per heavy atom. The van der Waals surface area contributed by atoms with Crippen LogP contribution in [0, 0.1) is 0 Å². The van der Waals surface area contributed by atoms with Gasteiger partial charge in [-0.25, -0.2) is 4.98 Å². The SMILES string of the molecule is Cn1ncc(C2CC2)c1/C=C/c1nc2sc(Br)cc2c(=O)[nH]1. The predicted octanol–water partition coefficient (Wildman–Crippen LogP) is 3.53. The van der Waals surface area contributed by atoms with Crippen molar-refractivity contribution >= 4 is 49.6 Å². The molecule has 3 heterocycles. The number of aromatic nitrogens is 4. The zero-order chi connectivity index (χ0) is 15.3. The van der Waals surface area contributed by atoms with Crippen LogP contribution in [-0.4, -0.2) is 19.7 Å². The van der Waals surface area contributed by atoms with Crippen molar-refractivity contribution in [2.45, 2.75) is 18.8 Å². The minimum absolute atomic E-state index is 0.112. The highest BCUT2D eigenvalue weighted by Crippen LogP contribution is 2.41. The molecule has 0 bridgehead atoms. The van der Waals surface area contributed by atoms with E-state index in [1.54, 1.807) is 6.07 Å². The standard InChI is InChI=1S/C15H13BrN4OS/c1-20-11(10(7-17-20)8-2-3-8)4-5-13-18-14(21)9-6-12(16)22-15(9)19-13/h4-8H,2-3H2,1H3,(H,18,19,21)/b5-4+. The van der Waals surface area contributed by atoms with Gasteiger partial charge < -0.3 is 4.98 Å². The minimum atomic E-state index is -0.112. The van der Waals surface area contributed by atoms with Crippen LogP contribution in [0.1, 0.15) is 35.8 Å². The highest BCUT2D eigenvalue weighted by Gasteiger charge is 2.27. The Balaban J connectivity index is 1.74. The molecule has 0 aliphatic heterocycles. The molecule has 4 rings (SSSR count). The zero-order valence-corrected chi connectivity index (χ0v) is 14.2. The molecule has 0 unspecified atom stereocenters. The molecule has 1 aliphatic carbocycles. The van der Waals surface area contributed by atoms with E-state index in [1.807, 2.05) is 30.1 Å². The summed E-state index contributed by atoms with van der Waals surface area (Å²) in [6.45, 7) is 0. The van der Waals surface area contributed by atoms with Gasteiger partial charge in [0.15, 0.2) is 0 Å². The summed E-state index contributed by atoms with van der Waals surface area (Å²) < 4.78 is 2.77. The lowest BCUT2D eigenvalue weighted by Gasteiger charge is -1.99. The fourth-order valence-corrected chi connectivity index (χ4v) is 3.99. The summed E-state index contributed by atoms with van der Waals surface area (Å²) in [5.74, 6) is 1.20. The van der Waals surface area contributed by atoms with Crippen LogP contribution < -0.4 is 5.56 Å². The molecule has 7 heteroatoms. The van der Waals surface area contributed by atoms with Gasteiger partial charge in [-0.05, 0) is 52.9 Å². The molecular formula is C15H13BrN4OS. The Morgan fingerprint density at radius 2 is 2.27 bits per heavy atom. The number of thiophene rings is 1. The molecule has 1 N–H and O–H groups in total. The highest BCUT2D eigenvalue weighted by molar-refractivity contribution is 9.11. The average molecular weight is 377 g/mol. The molecule has 0 atom stereocenters. The van der Waals surface area contributed by atoms with Crippen LogP contribution in [0.2, 0.25) is 0 Å². The maximum atomic E-state index is 12.1. The molecule has 1 saturated carbocycles. The number of H-pyrrole nitrogens is 1. The molecule has 1 aliphatic rings. The number of aryl methyl sites for hydroxylation is 1. The first-order valence-corrected chi connectivity index (χ1v) is 8.62. The fourth-order valence-electron chi connectivity index (χ4n) is 2.53. The quantitative estimate of drug-likeness (QED) is 0.760. The largest absolute Gasteiger partial charge is 0.306 e. The maximum absolute atomic E-state index is 12.1. The number of rotatable bonds is 3. The van der Waals surface area contributed by atoms with E-state index in [9.17, 15) is 4.79 Å². The number of fused-ring (bicyclic) bond motifs is 1. The summed E-state index contributed by atoms with van der Waals surface area (Å²) in [5, 5.41) is 4.95. The second kappa shape index (κ2) is 5.17. The highest BCUT2D eigenvalue weighted by atomic mass is 79.9. The van der Waals surface area contributed by atoms with Crippen molar-refractivity contribution in [2.75, 3.05) is 0 Å². The van der Waals surface area contributed by atoms with Gasteiger partial charge in [-0.3, -0.25) is 9.48 Å². The van der Waals surface area contributed by atoms with E-state index >= 15 is 0 Å². The molecular weight excluding hydrogens is 364 g/mol. The van der Waals surface area contributed by atoms with E-state index in [1.165, 1.54) is 29.7 Å². The number of halogens is 1. The van der Waals surface area contributed by atoms with Gasteiger partial charge in [0, 0.05) is 12.6 Å². The average Bonchev–Trinajstić information content (AvgIpc) is 3.15. The number of nitrogens with zero attached hydrogens (tertiary/aromatic N) is 3. The van der Waals surface area contributed by atoms with Crippen LogP contribution in [-0.2, 0) is 7.05 Å². The Labute approximate surface area is 138 Å². The van der Waals surface area contributed by atoms with E-state index in [4.69, 9.17) is 0 Å². The Hall–Kier alpha value is -1.73. The van der Waals surface area contributed by atoms with Crippen molar-refractivity contribution in [3.8, 4) is 0 Å². The van der Waals surface area contributed by atoms with Crippen LogP contribution in [0.3, 0.4) is 0 Å². The second-order valence-corrected chi connectivity index (χ2v) is 7.85. The lowest BCUT2D eigenvalue weighted by Crippen LogP contribution is -2.08. The van der Waals surface area contributed by atoms with Crippen molar-refractivity contribution in [1.82, 2.24) is 19.7 Å². The third kappa shape index (κ3) is 2.44. The van der Waals surface area contributed by atoms with Gasteiger partial charge in [-0.15, -0.1) is 11.3 Å². The molecule has 1 fully saturated rings. The lowest BCUT2D eigenvalue weighted by molar-refractivity contribution is 0.758. The summed E-state index contributed by atoms with van der Waals surface area (Å²) in [4.78, 5) is 20.1. The first-order chi connectivity index (χ1) is 10.6. The lowest BCUT2D eigenvalue weighted by atomic mass is 10.1. The topological polar surface area (TPSA) is 63.6 Å². The molecule has 0 amide bonds. The molecule has 3 aromatic rings. The van der Waals surface area contributed by atoms with Gasteiger partial charge in [-0.2, -0.15) is 5.10 Å². The van der Waals surface area contributed by atoms with Gasteiger partial charge in [0.25, 0.3) is 5.56 Å². The van der Waals surface area contributed by atoms with E-state index in [0.29, 0.717) is 17.1 Å². The number of hydrogen-bond acceptors (Lipinski definition) is 4. The maximum Gasteiger partial charge on any atom is 0.259 e. The third-order valence-electron chi connectivity index (χ3n) is 3.82. The molecule has 112 valence electrons. The second-order valence-electron chi connectivity index (χ2n) is 5.44. The first kappa shape index (κ1) is 13.9. The fraction of sp³-hybridized carbons (Fsp3) is 0.267. The molecule has 22 heavy (non-hydrogen) atoms. The van der Waals surface area contributed by atoms with Crippen LogP contribution in [0.25, 0.3) is 22.4 Å². The van der Waals surface area contributed by atoms with Crippen LogP contribution in [0.15, 0.2) is 20.8 Å². The van der Waals surface area contributed by atoms with Gasteiger partial charge in [0.05, 0.1) is 21.1 Å². The molecule has 3 aromatic heterocycles. The Bertz CT molecular complexity index is 948. The van der Waals surface area contributed by atoms with Crippen molar-refractivity contribution in [2.24, 2.45) is 7.05 Å². The normalized spacial score (nSPS) is 15.2. The van der Waals surface area contributed by atoms with Gasteiger partial charge in [0.1, 0.15) is 10.7 Å². The molecule has 0 spiro atoms. The zero-order valence-electron chi connectivity index (χ0n) is 11.8. The summed E-state index contributed by atoms with van der Waals surface area (Å²) in [5.41, 5.74) is 2.25. The Morgan fingerprint density at radius 3 is 3.05 bits per heavy atom. The number of aromatic amines is 1. The van der Waals surface area contributed by atoms with Gasteiger partial charge in [0.2, 0.25) is 0 Å². The van der Waals surface area contributed by atoms with E-state index in [0.717, 1.165) is 14.3 Å². The summed E-state index contributed by atoms with van der Waals surface area (Å²) in [6, 6.07) is 1.80. The molecule has 0 radical (unpaired) electrons. The third-order valence-corrected chi connectivity index (χ3v) is 5.35. The summed E-state index contributed by atoms with van der Waals surface area (Å²) in [6.07, 6.45) is 8.23. The van der Waals surface area contributed by atoms with Gasteiger partial charge >= 0.3 is 0 Å². The van der Waals surface area contributed by atoms with Crippen molar-refractivity contribution < 1.29 is 0 Å². The minimum Gasteiger partial charge on any atom is -0.306 e. The van der Waals surface area contributed by atoms with Crippen LogP contribution >= 0.6 is 27.3 Å². The summed E-state index contributed by atoms with van der Waals surface area (Å²) >= 11 is 4.85. The monoisotopic (exact) mass is 376 g/mol. The first-order valence-electron chi connectivity index (χ1n) is 7.01. The predicted molar refractivity (Wildman–Crippen MR) is 92.1 cm³/mol. The Kier molecular flexibility index (Phi) is 3.27. The number of nitrogens with one attached hydrogen (secondary N) is 1. The van der Waals surface area contributed by atoms with Gasteiger partial charge in [-0.1, -0.05) is 0 Å². The van der Waals surface area contributed by atoms with E-state index in [-0.39, 0.29) is 5.56 Å². The molecule has 0 aromatic carbocycles. The smallest absolute Gasteiger partial charge is 0.259 e. The van der Waals surface area contributed by atoms with E-state index in [2.05, 4.69) is 31.0 Å².